The van der Waals surface area contributed by atoms with E-state index >= 15 is 0 Å². The van der Waals surface area contributed by atoms with Crippen LogP contribution in [0.2, 0.25) is 18.1 Å². The van der Waals surface area contributed by atoms with E-state index in [0.29, 0.717) is 18.7 Å². The number of benzene rings is 2. The van der Waals surface area contributed by atoms with Crippen LogP contribution in [-0.4, -0.2) is 38.5 Å². The third kappa shape index (κ3) is 6.27. The first-order valence-electron chi connectivity index (χ1n) is 9.83. The van der Waals surface area contributed by atoms with Crippen molar-refractivity contribution in [1.82, 2.24) is 0 Å². The van der Waals surface area contributed by atoms with Gasteiger partial charge < -0.3 is 14.4 Å². The standard InChI is InChI=1S/C23H31NO4Si/c1-23(2,3)29(4,5)28-15-14-24(20-12-7-6-8-13-20)21(25)17-18-10-9-11-19(16-18)22(26)27/h6-13,16H,14-15,17H2,1-5H3,(H,26,27). The van der Waals surface area contributed by atoms with Gasteiger partial charge in [0.25, 0.3) is 0 Å². The quantitative estimate of drug-likeness (QED) is 0.620. The highest BCUT2D eigenvalue weighted by Crippen LogP contribution is 2.36. The van der Waals surface area contributed by atoms with Crippen molar-refractivity contribution in [2.75, 3.05) is 18.1 Å². The molecule has 29 heavy (non-hydrogen) atoms. The Hall–Kier alpha value is -2.44. The number of hydrogen-bond donors (Lipinski definition) is 1. The van der Waals surface area contributed by atoms with Crippen LogP contribution in [0.5, 0.6) is 0 Å². The second-order valence-electron chi connectivity index (χ2n) is 8.67. The molecule has 1 N–H and O–H groups in total. The molecule has 1 amide bonds. The van der Waals surface area contributed by atoms with Gasteiger partial charge in [-0.25, -0.2) is 4.79 Å². The largest absolute Gasteiger partial charge is 0.478 e. The monoisotopic (exact) mass is 413 g/mol. The normalized spacial score (nSPS) is 11.9. The van der Waals surface area contributed by atoms with Gasteiger partial charge in [-0.2, -0.15) is 0 Å². The minimum Gasteiger partial charge on any atom is -0.478 e. The summed E-state index contributed by atoms with van der Waals surface area (Å²) in [5.74, 6) is -1.08. The molecule has 5 nitrogen and oxygen atoms in total. The third-order valence-electron chi connectivity index (χ3n) is 5.48. The van der Waals surface area contributed by atoms with Gasteiger partial charge in [-0.3, -0.25) is 4.79 Å². The summed E-state index contributed by atoms with van der Waals surface area (Å²) in [6.07, 6.45) is 0.135. The molecule has 0 saturated carbocycles. The van der Waals surface area contributed by atoms with E-state index < -0.39 is 14.3 Å². The first-order valence-corrected chi connectivity index (χ1v) is 12.7. The van der Waals surface area contributed by atoms with Crippen molar-refractivity contribution in [3.05, 3.63) is 65.7 Å². The van der Waals surface area contributed by atoms with Gasteiger partial charge >= 0.3 is 5.97 Å². The lowest BCUT2D eigenvalue weighted by atomic mass is 10.1. The summed E-state index contributed by atoms with van der Waals surface area (Å²) in [6, 6.07) is 16.0. The third-order valence-corrected chi connectivity index (χ3v) is 10.0. The first kappa shape index (κ1) is 22.8. The summed E-state index contributed by atoms with van der Waals surface area (Å²) in [6.45, 7) is 11.9. The smallest absolute Gasteiger partial charge is 0.335 e. The maximum absolute atomic E-state index is 13.1. The lowest BCUT2D eigenvalue weighted by molar-refractivity contribution is -0.118. The Morgan fingerprint density at radius 3 is 2.28 bits per heavy atom. The van der Waals surface area contributed by atoms with E-state index in [4.69, 9.17) is 4.43 Å². The van der Waals surface area contributed by atoms with Crippen LogP contribution < -0.4 is 4.90 Å². The molecular formula is C23H31NO4Si. The number of amides is 1. The Balaban J connectivity index is 2.15. The van der Waals surface area contributed by atoms with Gasteiger partial charge in [-0.05, 0) is 48.0 Å². The van der Waals surface area contributed by atoms with Gasteiger partial charge in [0.1, 0.15) is 0 Å². The molecule has 0 bridgehead atoms. The molecule has 2 rings (SSSR count). The highest BCUT2D eigenvalue weighted by atomic mass is 28.4. The highest BCUT2D eigenvalue weighted by Gasteiger charge is 2.37. The van der Waals surface area contributed by atoms with Gasteiger partial charge in [0.2, 0.25) is 5.91 Å². The van der Waals surface area contributed by atoms with Gasteiger partial charge in [0, 0.05) is 12.2 Å². The molecule has 0 radical (unpaired) electrons. The highest BCUT2D eigenvalue weighted by molar-refractivity contribution is 6.74. The fourth-order valence-corrected chi connectivity index (χ4v) is 3.73. The second kappa shape index (κ2) is 9.37. The average molecular weight is 414 g/mol. The fraction of sp³-hybridized carbons (Fsp3) is 0.391. The van der Waals surface area contributed by atoms with Crippen molar-refractivity contribution in [1.29, 1.82) is 0 Å². The molecule has 2 aromatic carbocycles. The number of anilines is 1. The number of carboxylic acid groups (broad SMARTS) is 1. The number of carboxylic acids is 1. The van der Waals surface area contributed by atoms with Gasteiger partial charge in [0.05, 0.1) is 18.6 Å². The van der Waals surface area contributed by atoms with Gasteiger partial charge in [-0.15, -0.1) is 0 Å². The number of para-hydroxylation sites is 1. The van der Waals surface area contributed by atoms with E-state index in [2.05, 4.69) is 33.9 Å². The number of carbonyl (C=O) groups excluding carboxylic acids is 1. The molecule has 0 aliphatic rings. The molecule has 6 heteroatoms. The molecular weight excluding hydrogens is 382 g/mol. The van der Waals surface area contributed by atoms with Crippen molar-refractivity contribution >= 4 is 25.9 Å². The lowest BCUT2D eigenvalue weighted by Crippen LogP contribution is -2.44. The minimum atomic E-state index is -1.90. The molecule has 2 aromatic rings. The van der Waals surface area contributed by atoms with Crippen molar-refractivity contribution in [3.8, 4) is 0 Å². The second-order valence-corrected chi connectivity index (χ2v) is 13.5. The zero-order chi connectivity index (χ0) is 21.7. The minimum absolute atomic E-state index is 0.0856. The van der Waals surface area contributed by atoms with Crippen LogP contribution in [0.3, 0.4) is 0 Å². The van der Waals surface area contributed by atoms with E-state index in [1.54, 1.807) is 23.1 Å². The topological polar surface area (TPSA) is 66.8 Å². The van der Waals surface area contributed by atoms with E-state index in [0.717, 1.165) is 5.69 Å². The molecule has 0 unspecified atom stereocenters. The molecule has 0 aliphatic carbocycles. The van der Waals surface area contributed by atoms with Crippen molar-refractivity contribution in [2.45, 2.75) is 45.3 Å². The van der Waals surface area contributed by atoms with E-state index in [9.17, 15) is 14.7 Å². The van der Waals surface area contributed by atoms with Crippen LogP contribution in [0, 0.1) is 0 Å². The summed E-state index contributed by atoms with van der Waals surface area (Å²) in [7, 11) is -1.90. The van der Waals surface area contributed by atoms with Crippen molar-refractivity contribution < 1.29 is 19.1 Å². The molecule has 0 spiro atoms. The molecule has 0 saturated heterocycles. The van der Waals surface area contributed by atoms with Crippen LogP contribution in [0.25, 0.3) is 0 Å². The van der Waals surface area contributed by atoms with Gasteiger partial charge in [-0.1, -0.05) is 51.1 Å². The number of nitrogens with zero attached hydrogens (tertiary/aromatic N) is 1. The molecule has 0 atom stereocenters. The Kier molecular flexibility index (Phi) is 7.38. The molecule has 0 fully saturated rings. The zero-order valence-corrected chi connectivity index (χ0v) is 18.9. The molecule has 0 heterocycles. The lowest BCUT2D eigenvalue weighted by Gasteiger charge is -2.36. The summed E-state index contributed by atoms with van der Waals surface area (Å²) < 4.78 is 6.26. The summed E-state index contributed by atoms with van der Waals surface area (Å²) in [5, 5.41) is 9.28. The predicted octanol–water partition coefficient (Wildman–Crippen LogP) is 4.98. The SMILES string of the molecule is CC(C)(C)[Si](C)(C)OCCN(C(=O)Cc1cccc(C(=O)O)c1)c1ccccc1. The van der Waals surface area contributed by atoms with E-state index in [1.165, 1.54) is 6.07 Å². The van der Waals surface area contributed by atoms with Crippen molar-refractivity contribution in [3.63, 3.8) is 0 Å². The molecule has 156 valence electrons. The zero-order valence-electron chi connectivity index (χ0n) is 17.9. The Morgan fingerprint density at radius 1 is 1.03 bits per heavy atom. The van der Waals surface area contributed by atoms with Crippen LogP contribution in [0.4, 0.5) is 5.69 Å². The van der Waals surface area contributed by atoms with Gasteiger partial charge in [0.15, 0.2) is 8.32 Å². The molecule has 0 aromatic heterocycles. The number of rotatable bonds is 8. The Bertz CT molecular complexity index is 843. The number of carbonyl (C=O) groups is 2. The van der Waals surface area contributed by atoms with Crippen LogP contribution in [-0.2, 0) is 15.6 Å². The first-order chi connectivity index (χ1) is 13.5. The van der Waals surface area contributed by atoms with Crippen LogP contribution >= 0.6 is 0 Å². The predicted molar refractivity (Wildman–Crippen MR) is 119 cm³/mol. The summed E-state index contributed by atoms with van der Waals surface area (Å²) in [4.78, 5) is 26.0. The van der Waals surface area contributed by atoms with E-state index in [-0.39, 0.29) is 22.9 Å². The fourth-order valence-electron chi connectivity index (χ4n) is 2.70. The Morgan fingerprint density at radius 2 is 1.69 bits per heavy atom. The molecule has 0 aliphatic heterocycles. The number of aromatic carboxylic acids is 1. The maximum Gasteiger partial charge on any atom is 0.335 e. The van der Waals surface area contributed by atoms with E-state index in [1.807, 2.05) is 30.3 Å². The number of hydrogen-bond acceptors (Lipinski definition) is 3. The van der Waals surface area contributed by atoms with Crippen molar-refractivity contribution in [2.24, 2.45) is 0 Å². The summed E-state index contributed by atoms with van der Waals surface area (Å²) >= 11 is 0. The Labute approximate surface area is 174 Å². The van der Waals surface area contributed by atoms with Crippen LogP contribution in [0.15, 0.2) is 54.6 Å². The maximum atomic E-state index is 13.1. The average Bonchev–Trinajstić information content (AvgIpc) is 2.65. The summed E-state index contributed by atoms with van der Waals surface area (Å²) in [5.41, 5.74) is 1.68. The van der Waals surface area contributed by atoms with Crippen LogP contribution in [0.1, 0.15) is 36.7 Å².